The van der Waals surface area contributed by atoms with Crippen LogP contribution in [-0.2, 0) is 19.5 Å². The number of hydrogen-bond acceptors (Lipinski definition) is 6. The number of hydrogen-bond donors (Lipinski definition) is 1. The standard InChI is InChI=1S/C10H11ClO6S/c1-16-9-4-8(12)6(5-18(11,14)15)3-7(9)10(13)17-2/h3-4,12H,5H2,1-2H3. The van der Waals surface area contributed by atoms with Gasteiger partial charge in [-0.1, -0.05) is 0 Å². The Morgan fingerprint density at radius 1 is 1.39 bits per heavy atom. The van der Waals surface area contributed by atoms with Crippen LogP contribution in [0.1, 0.15) is 15.9 Å². The summed E-state index contributed by atoms with van der Waals surface area (Å²) >= 11 is 0. The summed E-state index contributed by atoms with van der Waals surface area (Å²) < 4.78 is 31.3. The third-order valence-electron chi connectivity index (χ3n) is 2.13. The van der Waals surface area contributed by atoms with Gasteiger partial charge >= 0.3 is 5.97 Å². The van der Waals surface area contributed by atoms with E-state index in [0.29, 0.717) is 0 Å². The monoisotopic (exact) mass is 294 g/mol. The lowest BCUT2D eigenvalue weighted by Gasteiger charge is -2.10. The van der Waals surface area contributed by atoms with Gasteiger partial charge in [0.15, 0.2) is 0 Å². The molecule has 0 heterocycles. The molecular formula is C10H11ClO6S. The fourth-order valence-corrected chi connectivity index (χ4v) is 2.31. The van der Waals surface area contributed by atoms with E-state index in [-0.39, 0.29) is 22.6 Å². The number of rotatable bonds is 4. The molecule has 8 heteroatoms. The SMILES string of the molecule is COC(=O)c1cc(CS(=O)(=O)Cl)c(O)cc1OC. The maximum Gasteiger partial charge on any atom is 0.341 e. The molecule has 0 aliphatic heterocycles. The molecule has 0 unspecified atom stereocenters. The maximum atomic E-state index is 11.5. The predicted octanol–water partition coefficient (Wildman–Crippen LogP) is 1.26. The Hall–Kier alpha value is -1.47. The van der Waals surface area contributed by atoms with Gasteiger partial charge in [0.25, 0.3) is 0 Å². The Morgan fingerprint density at radius 3 is 2.44 bits per heavy atom. The minimum absolute atomic E-state index is 0.00752. The zero-order valence-electron chi connectivity index (χ0n) is 9.64. The van der Waals surface area contributed by atoms with Crippen LogP contribution in [0, 0.1) is 0 Å². The van der Waals surface area contributed by atoms with Gasteiger partial charge in [0, 0.05) is 22.3 Å². The summed E-state index contributed by atoms with van der Waals surface area (Å²) in [5.74, 6) is -1.56. The highest BCUT2D eigenvalue weighted by molar-refractivity contribution is 8.13. The molecule has 0 aromatic heterocycles. The lowest BCUT2D eigenvalue weighted by molar-refractivity contribution is 0.0597. The zero-order chi connectivity index (χ0) is 13.9. The minimum Gasteiger partial charge on any atom is -0.507 e. The van der Waals surface area contributed by atoms with Crippen molar-refractivity contribution in [2.75, 3.05) is 14.2 Å². The number of esters is 1. The van der Waals surface area contributed by atoms with Crippen molar-refractivity contribution < 1.29 is 27.8 Å². The van der Waals surface area contributed by atoms with Crippen molar-refractivity contribution in [3.8, 4) is 11.5 Å². The molecule has 1 aromatic carbocycles. The number of phenols is 1. The van der Waals surface area contributed by atoms with Crippen LogP contribution in [0.4, 0.5) is 0 Å². The van der Waals surface area contributed by atoms with Crippen molar-refractivity contribution in [2.45, 2.75) is 5.75 Å². The Bertz CT molecular complexity index is 566. The molecule has 0 bridgehead atoms. The lowest BCUT2D eigenvalue weighted by atomic mass is 10.1. The predicted molar refractivity (Wildman–Crippen MR) is 64.5 cm³/mol. The number of methoxy groups -OCH3 is 2. The molecule has 1 rings (SSSR count). The highest BCUT2D eigenvalue weighted by Crippen LogP contribution is 2.30. The van der Waals surface area contributed by atoms with Crippen molar-refractivity contribution in [3.63, 3.8) is 0 Å². The van der Waals surface area contributed by atoms with Gasteiger partial charge in [0.2, 0.25) is 9.05 Å². The average molecular weight is 295 g/mol. The first-order chi connectivity index (χ1) is 8.28. The first-order valence-corrected chi connectivity index (χ1v) is 7.17. The second-order valence-electron chi connectivity index (χ2n) is 3.36. The number of carbonyl (C=O) groups is 1. The number of ether oxygens (including phenoxy) is 2. The molecule has 100 valence electrons. The number of benzene rings is 1. The molecule has 6 nitrogen and oxygen atoms in total. The first kappa shape index (κ1) is 14.6. The summed E-state index contributed by atoms with van der Waals surface area (Å²) in [4.78, 5) is 11.5. The summed E-state index contributed by atoms with van der Waals surface area (Å²) in [5.41, 5.74) is -0.000633. The molecule has 1 aromatic rings. The van der Waals surface area contributed by atoms with Crippen LogP contribution in [0.3, 0.4) is 0 Å². The van der Waals surface area contributed by atoms with Crippen LogP contribution < -0.4 is 4.74 Å². The van der Waals surface area contributed by atoms with Gasteiger partial charge in [-0.2, -0.15) is 0 Å². The normalized spacial score (nSPS) is 11.1. The second kappa shape index (κ2) is 5.45. The van der Waals surface area contributed by atoms with Crippen molar-refractivity contribution in [3.05, 3.63) is 23.3 Å². The number of halogens is 1. The van der Waals surface area contributed by atoms with E-state index in [1.54, 1.807) is 0 Å². The van der Waals surface area contributed by atoms with E-state index in [1.807, 2.05) is 0 Å². The highest BCUT2D eigenvalue weighted by atomic mass is 35.7. The van der Waals surface area contributed by atoms with Gasteiger partial charge in [-0.15, -0.1) is 0 Å². The summed E-state index contributed by atoms with van der Waals surface area (Å²) in [6, 6.07) is 2.30. The molecule has 0 aliphatic carbocycles. The highest BCUT2D eigenvalue weighted by Gasteiger charge is 2.19. The first-order valence-electron chi connectivity index (χ1n) is 4.69. The quantitative estimate of drug-likeness (QED) is 0.664. The Balaban J connectivity index is 3.34. The van der Waals surface area contributed by atoms with Crippen LogP contribution in [0.5, 0.6) is 11.5 Å². The second-order valence-corrected chi connectivity index (χ2v) is 6.13. The van der Waals surface area contributed by atoms with Gasteiger partial charge < -0.3 is 14.6 Å². The van der Waals surface area contributed by atoms with Crippen LogP contribution in [0.15, 0.2) is 12.1 Å². The van der Waals surface area contributed by atoms with Crippen LogP contribution in [-0.4, -0.2) is 33.7 Å². The fourth-order valence-electron chi connectivity index (χ4n) is 1.35. The summed E-state index contributed by atoms with van der Waals surface area (Å²) in [5, 5.41) is 9.61. The maximum absolute atomic E-state index is 11.5. The number of aromatic hydroxyl groups is 1. The van der Waals surface area contributed by atoms with Crippen molar-refractivity contribution in [1.29, 1.82) is 0 Å². The molecule has 0 aliphatic rings. The smallest absolute Gasteiger partial charge is 0.341 e. The zero-order valence-corrected chi connectivity index (χ0v) is 11.2. The summed E-state index contributed by atoms with van der Waals surface area (Å²) in [6.07, 6.45) is 0. The molecule has 0 radical (unpaired) electrons. The van der Waals surface area contributed by atoms with E-state index in [2.05, 4.69) is 4.74 Å². The van der Waals surface area contributed by atoms with Crippen LogP contribution in [0.25, 0.3) is 0 Å². The number of carbonyl (C=O) groups excluding carboxylic acids is 1. The van der Waals surface area contributed by atoms with Crippen LogP contribution in [0.2, 0.25) is 0 Å². The fraction of sp³-hybridized carbons (Fsp3) is 0.300. The molecule has 0 spiro atoms. The van der Waals surface area contributed by atoms with E-state index in [0.717, 1.165) is 6.07 Å². The minimum atomic E-state index is -3.85. The van der Waals surface area contributed by atoms with Gasteiger partial charge in [-0.05, 0) is 6.07 Å². The third kappa shape index (κ3) is 3.51. The van der Waals surface area contributed by atoms with Crippen molar-refractivity contribution in [2.24, 2.45) is 0 Å². The average Bonchev–Trinajstić information content (AvgIpc) is 2.28. The van der Waals surface area contributed by atoms with E-state index in [4.69, 9.17) is 15.4 Å². The molecule has 0 saturated heterocycles. The molecule has 0 atom stereocenters. The molecule has 1 N–H and O–H groups in total. The van der Waals surface area contributed by atoms with E-state index < -0.39 is 20.8 Å². The Morgan fingerprint density at radius 2 is 2.00 bits per heavy atom. The third-order valence-corrected chi connectivity index (χ3v) is 3.12. The van der Waals surface area contributed by atoms with Gasteiger partial charge in [-0.25, -0.2) is 13.2 Å². The molecule has 18 heavy (non-hydrogen) atoms. The van der Waals surface area contributed by atoms with Gasteiger partial charge in [-0.3, -0.25) is 0 Å². The topological polar surface area (TPSA) is 89.9 Å². The largest absolute Gasteiger partial charge is 0.507 e. The Labute approximate surface area is 109 Å². The summed E-state index contributed by atoms with van der Waals surface area (Å²) in [6.45, 7) is 0. The molecule has 0 saturated carbocycles. The van der Waals surface area contributed by atoms with E-state index in [1.165, 1.54) is 20.3 Å². The molecular weight excluding hydrogens is 284 g/mol. The Kier molecular flexibility index (Phi) is 4.42. The van der Waals surface area contributed by atoms with Gasteiger partial charge in [0.1, 0.15) is 17.1 Å². The van der Waals surface area contributed by atoms with Crippen molar-refractivity contribution in [1.82, 2.24) is 0 Å². The van der Waals surface area contributed by atoms with Crippen LogP contribution >= 0.6 is 10.7 Å². The molecule has 0 fully saturated rings. The van der Waals surface area contributed by atoms with E-state index in [9.17, 15) is 18.3 Å². The molecule has 0 amide bonds. The lowest BCUT2D eigenvalue weighted by Crippen LogP contribution is -2.06. The number of phenolic OH excluding ortho intramolecular Hbond substituents is 1. The van der Waals surface area contributed by atoms with E-state index >= 15 is 0 Å². The van der Waals surface area contributed by atoms with Gasteiger partial charge in [0.05, 0.1) is 20.0 Å². The van der Waals surface area contributed by atoms with Crippen molar-refractivity contribution >= 4 is 25.7 Å². The summed E-state index contributed by atoms with van der Waals surface area (Å²) in [7, 11) is 3.72.